The van der Waals surface area contributed by atoms with E-state index in [1.807, 2.05) is 19.1 Å². The Morgan fingerprint density at radius 3 is 2.66 bits per heavy atom. The summed E-state index contributed by atoms with van der Waals surface area (Å²) in [6, 6.07) is 5.54. The van der Waals surface area contributed by atoms with E-state index in [1.54, 1.807) is 37.1 Å². The summed E-state index contributed by atoms with van der Waals surface area (Å²) >= 11 is 1.43. The number of benzene rings is 1. The van der Waals surface area contributed by atoms with E-state index >= 15 is 0 Å². The van der Waals surface area contributed by atoms with Crippen molar-refractivity contribution in [1.82, 2.24) is 9.80 Å². The molecule has 3 heterocycles. The van der Waals surface area contributed by atoms with Gasteiger partial charge in [0.25, 0.3) is 11.8 Å². The second kappa shape index (κ2) is 7.18. The number of nitrogens with zero attached hydrogens (tertiary/aromatic N) is 3. The Bertz CT molecular complexity index is 1030. The van der Waals surface area contributed by atoms with Gasteiger partial charge in [-0.25, -0.2) is 0 Å². The normalized spacial score (nSPS) is 16.5. The molecule has 4 rings (SSSR count). The molecule has 0 bridgehead atoms. The van der Waals surface area contributed by atoms with E-state index in [1.165, 1.54) is 16.2 Å². The quantitative estimate of drug-likeness (QED) is 0.758. The summed E-state index contributed by atoms with van der Waals surface area (Å²) in [7, 11) is 4.91. The van der Waals surface area contributed by atoms with Crippen molar-refractivity contribution in [3.8, 4) is 5.75 Å². The molecule has 0 radical (unpaired) electrons. The van der Waals surface area contributed by atoms with Crippen LogP contribution in [0, 0.1) is 6.92 Å². The summed E-state index contributed by atoms with van der Waals surface area (Å²) in [5, 5.41) is 0.677. The number of methoxy groups -OCH3 is 1. The number of likely N-dealkylation sites (N-methyl/N-ethyl adjacent to an activating group) is 2. The fourth-order valence-electron chi connectivity index (χ4n) is 3.85. The Labute approximate surface area is 173 Å². The van der Waals surface area contributed by atoms with Gasteiger partial charge in [-0.05, 0) is 36.6 Å². The van der Waals surface area contributed by atoms with Gasteiger partial charge in [0, 0.05) is 25.5 Å². The van der Waals surface area contributed by atoms with Crippen molar-refractivity contribution >= 4 is 34.1 Å². The van der Waals surface area contributed by atoms with Gasteiger partial charge in [0.1, 0.15) is 17.3 Å². The molecule has 0 atom stereocenters. The van der Waals surface area contributed by atoms with Gasteiger partial charge in [-0.1, -0.05) is 6.07 Å². The summed E-state index contributed by atoms with van der Waals surface area (Å²) in [6.07, 6.45) is 0.586. The van der Waals surface area contributed by atoms with Crippen LogP contribution in [-0.4, -0.2) is 61.8 Å². The zero-order valence-electron chi connectivity index (χ0n) is 16.9. The third kappa shape index (κ3) is 3.17. The molecule has 0 spiro atoms. The highest BCUT2D eigenvalue weighted by Crippen LogP contribution is 2.41. The van der Waals surface area contributed by atoms with Crippen molar-refractivity contribution in [3.05, 3.63) is 45.3 Å². The van der Waals surface area contributed by atoms with Crippen LogP contribution in [0.15, 0.2) is 18.2 Å². The second-order valence-corrected chi connectivity index (χ2v) is 8.56. The fourth-order valence-corrected chi connectivity index (χ4v) is 5.18. The van der Waals surface area contributed by atoms with Gasteiger partial charge in [0.05, 0.1) is 24.8 Å². The molecule has 7 nitrogen and oxygen atoms in total. The second-order valence-electron chi connectivity index (χ2n) is 7.48. The van der Waals surface area contributed by atoms with Crippen LogP contribution >= 0.6 is 11.3 Å². The van der Waals surface area contributed by atoms with E-state index in [2.05, 4.69) is 0 Å². The highest BCUT2D eigenvalue weighted by atomic mass is 32.1. The number of fused-ring (bicyclic) bond motifs is 3. The van der Waals surface area contributed by atoms with E-state index < -0.39 is 0 Å². The molecule has 2 aliphatic heterocycles. The zero-order chi connectivity index (χ0) is 20.9. The maximum absolute atomic E-state index is 13.1. The minimum absolute atomic E-state index is 0.0728. The Balaban J connectivity index is 1.68. The van der Waals surface area contributed by atoms with Crippen LogP contribution in [0.25, 0.3) is 0 Å². The first-order chi connectivity index (χ1) is 13.8. The number of hydrogen-bond acceptors (Lipinski definition) is 5. The molecule has 8 heteroatoms. The molecule has 1 aromatic heterocycles. The predicted octanol–water partition coefficient (Wildman–Crippen LogP) is 2.31. The first-order valence-corrected chi connectivity index (χ1v) is 10.2. The van der Waals surface area contributed by atoms with Gasteiger partial charge in [-0.15, -0.1) is 11.3 Å². The van der Waals surface area contributed by atoms with Crippen LogP contribution in [0.4, 0.5) is 5.00 Å². The van der Waals surface area contributed by atoms with Crippen LogP contribution in [0.2, 0.25) is 0 Å². The number of carbonyl (C=O) groups excluding carboxylic acids is 3. The number of thiophene rings is 1. The fraction of sp³-hybridized carbons (Fsp3) is 0.381. The summed E-state index contributed by atoms with van der Waals surface area (Å²) in [5.41, 5.74) is 3.13. The van der Waals surface area contributed by atoms with Crippen LogP contribution in [0.1, 0.15) is 36.7 Å². The van der Waals surface area contributed by atoms with Crippen LogP contribution < -0.4 is 9.64 Å². The molecule has 152 valence electrons. The zero-order valence-corrected chi connectivity index (χ0v) is 17.8. The lowest BCUT2D eigenvalue weighted by molar-refractivity contribution is -0.118. The van der Waals surface area contributed by atoms with E-state index in [-0.39, 0.29) is 24.3 Å². The number of rotatable bonds is 2. The number of amides is 3. The van der Waals surface area contributed by atoms with Crippen molar-refractivity contribution in [2.75, 3.05) is 39.2 Å². The number of aryl methyl sites for hydroxylation is 1. The summed E-state index contributed by atoms with van der Waals surface area (Å²) in [6.45, 7) is 2.96. The molecule has 0 unspecified atom stereocenters. The topological polar surface area (TPSA) is 70.2 Å². The molecule has 2 aliphatic rings. The minimum atomic E-state index is -0.129. The molecule has 0 N–H and O–H groups in total. The van der Waals surface area contributed by atoms with Crippen molar-refractivity contribution in [2.24, 2.45) is 0 Å². The maximum Gasteiger partial charge on any atom is 0.257 e. The first-order valence-electron chi connectivity index (χ1n) is 9.42. The lowest BCUT2D eigenvalue weighted by Crippen LogP contribution is -2.37. The summed E-state index contributed by atoms with van der Waals surface area (Å²) in [5.74, 6) is 0.222. The van der Waals surface area contributed by atoms with Crippen LogP contribution in [0.3, 0.4) is 0 Å². The first kappa shape index (κ1) is 19.4. The van der Waals surface area contributed by atoms with E-state index in [0.29, 0.717) is 41.4 Å². The summed E-state index contributed by atoms with van der Waals surface area (Å²) in [4.78, 5) is 44.1. The monoisotopic (exact) mass is 413 g/mol. The molecule has 0 aliphatic carbocycles. The van der Waals surface area contributed by atoms with E-state index in [9.17, 15) is 14.4 Å². The average Bonchev–Trinajstić information content (AvgIpc) is 3.07. The number of anilines is 1. The molecular formula is C21H23N3O4S. The molecule has 2 aromatic rings. The van der Waals surface area contributed by atoms with E-state index in [0.717, 1.165) is 16.0 Å². The molecule has 1 aromatic carbocycles. The molecule has 0 saturated carbocycles. The van der Waals surface area contributed by atoms with Gasteiger partial charge >= 0.3 is 0 Å². The van der Waals surface area contributed by atoms with Gasteiger partial charge in [-0.3, -0.25) is 14.4 Å². The Morgan fingerprint density at radius 2 is 1.93 bits per heavy atom. The Morgan fingerprint density at radius 1 is 1.17 bits per heavy atom. The summed E-state index contributed by atoms with van der Waals surface area (Å²) < 4.78 is 5.40. The molecule has 29 heavy (non-hydrogen) atoms. The van der Waals surface area contributed by atoms with Gasteiger partial charge in [0.15, 0.2) is 0 Å². The lowest BCUT2D eigenvalue weighted by atomic mass is 10.0. The standard InChI is InChI=1S/C21H23N3O4S/c1-12-5-6-13(15(9-12)28-4)19(26)24-8-7-14-16(10-24)29-21-18(14)20(27)22(2)11-17(25)23(21)3/h5-6,9H,7-8,10-11H2,1-4H3. The maximum atomic E-state index is 13.1. The third-order valence-electron chi connectivity index (χ3n) is 5.52. The van der Waals surface area contributed by atoms with Gasteiger partial charge in [0.2, 0.25) is 5.91 Å². The molecule has 0 saturated heterocycles. The van der Waals surface area contributed by atoms with E-state index in [4.69, 9.17) is 4.74 Å². The largest absolute Gasteiger partial charge is 0.496 e. The lowest BCUT2D eigenvalue weighted by Gasteiger charge is -2.28. The number of carbonyl (C=O) groups is 3. The van der Waals surface area contributed by atoms with Crippen molar-refractivity contribution < 1.29 is 19.1 Å². The SMILES string of the molecule is COc1cc(C)ccc1C(=O)N1CCc2c(sc3c2C(=O)N(C)CC(=O)N3C)C1. The van der Waals surface area contributed by atoms with Gasteiger partial charge < -0.3 is 19.4 Å². The Kier molecular flexibility index (Phi) is 4.82. The predicted molar refractivity (Wildman–Crippen MR) is 111 cm³/mol. The Hall–Kier alpha value is -2.87. The average molecular weight is 413 g/mol. The van der Waals surface area contributed by atoms with Crippen LogP contribution in [-0.2, 0) is 17.8 Å². The highest BCUT2D eigenvalue weighted by Gasteiger charge is 2.36. The third-order valence-corrected chi connectivity index (χ3v) is 6.82. The smallest absolute Gasteiger partial charge is 0.257 e. The number of hydrogen-bond donors (Lipinski definition) is 0. The number of ether oxygens (including phenoxy) is 1. The van der Waals surface area contributed by atoms with Crippen LogP contribution in [0.5, 0.6) is 5.75 Å². The minimum Gasteiger partial charge on any atom is -0.496 e. The van der Waals surface area contributed by atoms with Crippen molar-refractivity contribution in [3.63, 3.8) is 0 Å². The molecule has 3 amide bonds. The van der Waals surface area contributed by atoms with Crippen molar-refractivity contribution in [1.29, 1.82) is 0 Å². The van der Waals surface area contributed by atoms with Gasteiger partial charge in [-0.2, -0.15) is 0 Å². The molecular weight excluding hydrogens is 390 g/mol. The molecule has 0 fully saturated rings. The highest BCUT2D eigenvalue weighted by molar-refractivity contribution is 7.17. The van der Waals surface area contributed by atoms with Crippen molar-refractivity contribution in [2.45, 2.75) is 19.9 Å².